The molecule has 0 aromatic heterocycles. The number of carbonyl (C=O) groups is 6. The van der Waals surface area contributed by atoms with E-state index in [2.05, 4.69) is 66.1 Å². The Morgan fingerprint density at radius 1 is 0.515 bits per heavy atom. The first kappa shape index (κ1) is 79.6. The van der Waals surface area contributed by atoms with Crippen LogP contribution in [-0.4, -0.2) is 183 Å². The number of ether oxygens (including phenoxy) is 8. The molecule has 20 nitrogen and oxygen atoms in total. The molecule has 6 fully saturated rings. The van der Waals surface area contributed by atoms with Crippen molar-refractivity contribution >= 4 is 52.5 Å². The quantitative estimate of drug-likeness (QED) is 0.0648. The minimum Gasteiger partial charge on any atom is -0.461 e. The van der Waals surface area contributed by atoms with Crippen LogP contribution in [0.2, 0.25) is 39.3 Å². The Bertz CT molecular complexity index is 3160. The van der Waals surface area contributed by atoms with Crippen molar-refractivity contribution in [1.82, 2.24) is 4.90 Å². The summed E-state index contributed by atoms with van der Waals surface area (Å²) in [5, 5.41) is 39.5. The third-order valence-corrected chi connectivity index (χ3v) is 26.4. The van der Waals surface area contributed by atoms with Crippen molar-refractivity contribution in [1.29, 1.82) is 0 Å². The van der Waals surface area contributed by atoms with E-state index in [1.54, 1.807) is 54.6 Å². The van der Waals surface area contributed by atoms with Crippen LogP contribution in [-0.2, 0) is 65.9 Å². The molecule has 2 aliphatic heterocycles. The first-order chi connectivity index (χ1) is 45.8. The maximum absolute atomic E-state index is 14.1. The normalized spacial score (nSPS) is 37.8. The number of esters is 6. The molecule has 2 saturated heterocycles. The smallest absolute Gasteiger partial charge is 0.338 e. The fourth-order valence-corrected chi connectivity index (χ4v) is 21.6. The summed E-state index contributed by atoms with van der Waals surface area (Å²) in [5.41, 5.74) is -6.62. The molecule has 2 heterocycles. The summed E-state index contributed by atoms with van der Waals surface area (Å²) in [4.78, 5) is 82.2. The van der Waals surface area contributed by atoms with Crippen molar-refractivity contribution in [2.45, 2.75) is 267 Å². The molecule has 4 saturated carbocycles. The number of rotatable bonds is 15. The zero-order valence-corrected chi connectivity index (χ0v) is 65.5. The van der Waals surface area contributed by atoms with E-state index in [9.17, 15) is 44.1 Å². The van der Waals surface area contributed by atoms with Gasteiger partial charge in [0.15, 0.2) is 27.8 Å². The highest BCUT2D eigenvalue weighted by atomic mass is 28.4. The van der Waals surface area contributed by atoms with Gasteiger partial charge in [0, 0.05) is 68.1 Å². The molecule has 2 aromatic carbocycles. The van der Waals surface area contributed by atoms with E-state index in [0.29, 0.717) is 24.0 Å². The molecule has 0 radical (unpaired) electrons. The van der Waals surface area contributed by atoms with E-state index in [0.717, 1.165) is 16.7 Å². The minimum absolute atomic E-state index is 0.0143. The standard InChI is InChI=1S/C36H52O9Si.C35H50O10Si.C6H15N/c1-20-17-27-35(19-41-27,44-24(5)38)29-31(43-32(39)25-15-13-12-14-16-25)36(40)18-26(45-46(9,10)11)21(2)28(33(36,6)7)22(3)30(34(20,29)8)42-23(4)37;1-19-16-25-34(18-41-25,44-22(4)37)28-30(43-31(39)23-14-12-11-13-15-23)35(40)17-24(45-46(8,9)10)20(2)26(32(35,5)6)27(38)29(33(19,28)7)42-21(3)36;1-4-7(5-2)6-3/h12-16,20,22,26-27,29-31,40H,17-19H2,1-11H3;11-15,19,24-25,27-30,38,40H,16-18H2,1-10H3;4-6H2,1-3H3/t20-,22+,26-,27+,29?,30+,31-,34+,35-,36+;19-,24-,25+,27+,28?,29+,30-,33+,34-,35+;/m00./s1. The predicted octanol–water partition coefficient (Wildman–Crippen LogP) is 11.8. The van der Waals surface area contributed by atoms with Crippen molar-refractivity contribution < 1.29 is 90.8 Å². The van der Waals surface area contributed by atoms with Gasteiger partial charge < -0.3 is 67.0 Å². The summed E-state index contributed by atoms with van der Waals surface area (Å²) in [6.07, 6.45) is -6.72. The van der Waals surface area contributed by atoms with Gasteiger partial charge in [-0.15, -0.1) is 0 Å². The fourth-order valence-electron chi connectivity index (χ4n) is 19.4. The Morgan fingerprint density at radius 3 is 1.17 bits per heavy atom. The van der Waals surface area contributed by atoms with Gasteiger partial charge in [0.05, 0.1) is 48.4 Å². The number of carbonyl (C=O) groups excluding carboxylic acids is 6. The highest BCUT2D eigenvalue weighted by Crippen LogP contribution is 2.70. The fraction of sp³-hybridized carbons (Fsp3) is 0.714. The highest BCUT2D eigenvalue weighted by Gasteiger charge is 2.80. The highest BCUT2D eigenvalue weighted by molar-refractivity contribution is 6.70. The molecule has 2 aromatic rings. The van der Waals surface area contributed by atoms with E-state index in [1.165, 1.54) is 47.3 Å². The maximum atomic E-state index is 14.1. The van der Waals surface area contributed by atoms with Gasteiger partial charge in [-0.3, -0.25) is 19.2 Å². The molecule has 99 heavy (non-hydrogen) atoms. The molecule has 4 bridgehead atoms. The molecule has 6 aliphatic carbocycles. The van der Waals surface area contributed by atoms with E-state index in [-0.39, 0.29) is 49.4 Å². The second kappa shape index (κ2) is 28.8. The number of hydrogen-bond acceptors (Lipinski definition) is 20. The van der Waals surface area contributed by atoms with Crippen molar-refractivity contribution in [2.24, 2.45) is 51.2 Å². The summed E-state index contributed by atoms with van der Waals surface area (Å²) < 4.78 is 63.8. The van der Waals surface area contributed by atoms with Gasteiger partial charge in [-0.05, 0) is 138 Å². The van der Waals surface area contributed by atoms with Crippen LogP contribution in [0, 0.1) is 51.2 Å². The lowest BCUT2D eigenvalue weighted by atomic mass is 9.42. The zero-order chi connectivity index (χ0) is 74.1. The van der Waals surface area contributed by atoms with Crippen LogP contribution in [0.1, 0.15) is 171 Å². The second-order valence-electron chi connectivity index (χ2n) is 33.1. The molecule has 0 spiro atoms. The van der Waals surface area contributed by atoms with Gasteiger partial charge in [-0.1, -0.05) is 125 Å². The molecular weight excluding hydrogens is 1300 g/mol. The molecule has 0 amide bonds. The second-order valence-corrected chi connectivity index (χ2v) is 42.0. The van der Waals surface area contributed by atoms with Gasteiger partial charge >= 0.3 is 35.8 Å². The molecule has 20 atom stereocenters. The third kappa shape index (κ3) is 14.1. The van der Waals surface area contributed by atoms with E-state index >= 15 is 0 Å². The van der Waals surface area contributed by atoms with Gasteiger partial charge in [0.1, 0.15) is 53.9 Å². The number of aliphatic hydroxyl groups excluding tert-OH is 1. The SMILES string of the molecule is CC(=O)O[C@@H]1[C@H](C)C2=C(C)[C@@H](O[Si](C)(C)C)C[C@@](O)([C@@H](OC(=O)c3ccccc3)C3[C@@]1(C)[C@@H](C)C[C@H]1OC[C@@]31OC(C)=O)C2(C)C.CC(=O)O[C@@H]1[C@H](O)C2=C(C)[C@@H](O[Si](C)(C)C)C[C@@](O)([C@@H](OC(=O)c3ccccc3)C3[C@@]1(C)[C@@H](C)C[C@H]1OC[C@@]31OC(C)=O)C2(C)C.CCN(CC)CC. The molecule has 8 aliphatic rings. The third-order valence-electron chi connectivity index (χ3n) is 24.4. The van der Waals surface area contributed by atoms with E-state index in [1.807, 2.05) is 81.1 Å². The van der Waals surface area contributed by atoms with Gasteiger partial charge in [-0.2, -0.15) is 0 Å². The monoisotopic (exact) mass is 1420 g/mol. The summed E-state index contributed by atoms with van der Waals surface area (Å²) in [7, 11) is -4.39. The van der Waals surface area contributed by atoms with Crippen molar-refractivity contribution in [2.75, 3.05) is 32.8 Å². The van der Waals surface area contributed by atoms with Crippen LogP contribution in [0.3, 0.4) is 0 Å². The Morgan fingerprint density at radius 2 is 0.859 bits per heavy atom. The molecule has 3 N–H and O–H groups in total. The number of benzene rings is 2. The van der Waals surface area contributed by atoms with E-state index < -0.39 is 163 Å². The Labute approximate surface area is 590 Å². The Hall–Kier alpha value is -5.15. The zero-order valence-electron chi connectivity index (χ0n) is 63.5. The van der Waals surface area contributed by atoms with Crippen molar-refractivity contribution in [3.05, 3.63) is 94.1 Å². The van der Waals surface area contributed by atoms with Crippen LogP contribution in [0.5, 0.6) is 0 Å². The molecule has 10 rings (SSSR count). The number of aliphatic hydroxyl groups is 3. The minimum atomic E-state index is -2.23. The van der Waals surface area contributed by atoms with Crippen LogP contribution in [0.15, 0.2) is 83.0 Å². The van der Waals surface area contributed by atoms with Crippen LogP contribution in [0.25, 0.3) is 0 Å². The summed E-state index contributed by atoms with van der Waals surface area (Å²) in [6.45, 7) is 49.5. The number of nitrogens with zero attached hydrogens (tertiary/aromatic N) is 1. The van der Waals surface area contributed by atoms with Gasteiger partial charge in [0.25, 0.3) is 0 Å². The summed E-state index contributed by atoms with van der Waals surface area (Å²) in [6, 6.07) is 17.2. The molecule has 552 valence electrons. The number of hydrogen-bond donors (Lipinski definition) is 3. The molecule has 22 heteroatoms. The van der Waals surface area contributed by atoms with Gasteiger partial charge in [-0.25, -0.2) is 9.59 Å². The van der Waals surface area contributed by atoms with Crippen LogP contribution in [0.4, 0.5) is 0 Å². The van der Waals surface area contributed by atoms with Crippen LogP contribution < -0.4 is 0 Å². The first-order valence-corrected chi connectivity index (χ1v) is 42.7. The summed E-state index contributed by atoms with van der Waals surface area (Å²) >= 11 is 0. The molecule has 2 unspecified atom stereocenters. The lowest BCUT2D eigenvalue weighted by molar-refractivity contribution is -0.358. The predicted molar refractivity (Wildman–Crippen MR) is 379 cm³/mol. The maximum Gasteiger partial charge on any atom is 0.338 e. The van der Waals surface area contributed by atoms with Crippen LogP contribution >= 0.6 is 0 Å². The first-order valence-electron chi connectivity index (χ1n) is 35.9. The topological polar surface area (TPSA) is 259 Å². The average Bonchev–Trinajstić information content (AvgIpc) is 0.675. The summed E-state index contributed by atoms with van der Waals surface area (Å²) in [5.74, 6) is -5.92. The Balaban J connectivity index is 0.000000230. The van der Waals surface area contributed by atoms with Crippen molar-refractivity contribution in [3.63, 3.8) is 0 Å². The largest absolute Gasteiger partial charge is 0.461 e. The lowest BCUT2D eigenvalue weighted by Gasteiger charge is -2.70. The molecular formula is C77H117NO19Si2. The van der Waals surface area contributed by atoms with E-state index in [4.69, 9.17) is 46.7 Å². The Kier molecular flexibility index (Phi) is 23.2. The van der Waals surface area contributed by atoms with Crippen molar-refractivity contribution in [3.8, 4) is 0 Å². The lowest BCUT2D eigenvalue weighted by Crippen LogP contribution is -2.81. The number of fused-ring (bicyclic) bond motifs is 10. The average molecular weight is 1420 g/mol. The van der Waals surface area contributed by atoms with Gasteiger partial charge in [0.2, 0.25) is 0 Å².